The highest BCUT2D eigenvalue weighted by molar-refractivity contribution is 6.30. The lowest BCUT2D eigenvalue weighted by Gasteiger charge is -2.34. The standard InChI is InChI=1S/C16H20ClNO2/c1-11(12-5-6-12)16(19)18-7-8-20-15(10-18)13-3-2-4-14(17)9-13/h2-4,9,11-12,15H,5-8,10H2,1H3. The highest BCUT2D eigenvalue weighted by Crippen LogP contribution is 2.38. The molecular weight excluding hydrogens is 274 g/mol. The van der Waals surface area contributed by atoms with E-state index in [1.807, 2.05) is 29.2 Å². The molecule has 1 heterocycles. The number of hydrogen-bond acceptors (Lipinski definition) is 2. The molecule has 1 aliphatic carbocycles. The minimum absolute atomic E-state index is 0.0576. The van der Waals surface area contributed by atoms with Gasteiger partial charge in [0, 0.05) is 17.5 Å². The van der Waals surface area contributed by atoms with E-state index in [1.54, 1.807) is 0 Å². The first kappa shape index (κ1) is 13.9. The quantitative estimate of drug-likeness (QED) is 0.856. The van der Waals surface area contributed by atoms with Crippen LogP contribution in [0.25, 0.3) is 0 Å². The van der Waals surface area contributed by atoms with E-state index in [1.165, 1.54) is 12.8 Å². The van der Waals surface area contributed by atoms with Crippen LogP contribution in [-0.4, -0.2) is 30.5 Å². The van der Waals surface area contributed by atoms with Gasteiger partial charge in [0.1, 0.15) is 6.10 Å². The topological polar surface area (TPSA) is 29.5 Å². The van der Waals surface area contributed by atoms with Gasteiger partial charge in [-0.25, -0.2) is 0 Å². The molecule has 4 heteroatoms. The summed E-state index contributed by atoms with van der Waals surface area (Å²) in [6, 6.07) is 7.71. The molecule has 1 saturated heterocycles. The van der Waals surface area contributed by atoms with E-state index in [0.29, 0.717) is 30.6 Å². The maximum Gasteiger partial charge on any atom is 0.225 e. The van der Waals surface area contributed by atoms with Gasteiger partial charge < -0.3 is 9.64 Å². The Morgan fingerprint density at radius 1 is 1.45 bits per heavy atom. The zero-order valence-corrected chi connectivity index (χ0v) is 12.5. The van der Waals surface area contributed by atoms with Crippen molar-refractivity contribution < 1.29 is 9.53 Å². The molecule has 3 rings (SSSR count). The van der Waals surface area contributed by atoms with Crippen LogP contribution in [0, 0.1) is 11.8 Å². The number of benzene rings is 1. The molecule has 108 valence electrons. The van der Waals surface area contributed by atoms with Crippen molar-refractivity contribution in [1.82, 2.24) is 4.90 Å². The SMILES string of the molecule is CC(C(=O)N1CCOC(c2cccc(Cl)c2)C1)C1CC1. The summed E-state index contributed by atoms with van der Waals surface area (Å²) >= 11 is 6.03. The monoisotopic (exact) mass is 293 g/mol. The van der Waals surface area contributed by atoms with Gasteiger partial charge in [0.15, 0.2) is 0 Å². The Hall–Kier alpha value is -1.06. The Labute approximate surface area is 124 Å². The van der Waals surface area contributed by atoms with Gasteiger partial charge in [-0.05, 0) is 36.5 Å². The first-order valence-electron chi connectivity index (χ1n) is 7.31. The summed E-state index contributed by atoms with van der Waals surface area (Å²) in [4.78, 5) is 14.4. The number of morpholine rings is 1. The molecule has 1 aromatic rings. The molecule has 0 spiro atoms. The van der Waals surface area contributed by atoms with Crippen LogP contribution >= 0.6 is 11.6 Å². The van der Waals surface area contributed by atoms with Crippen molar-refractivity contribution in [3.05, 3.63) is 34.9 Å². The Kier molecular flexibility index (Phi) is 3.99. The number of ether oxygens (including phenoxy) is 1. The van der Waals surface area contributed by atoms with Crippen LogP contribution in [0.1, 0.15) is 31.4 Å². The van der Waals surface area contributed by atoms with E-state index in [-0.39, 0.29) is 17.9 Å². The van der Waals surface area contributed by atoms with E-state index in [2.05, 4.69) is 6.92 Å². The van der Waals surface area contributed by atoms with Gasteiger partial charge in [-0.15, -0.1) is 0 Å². The fourth-order valence-corrected chi connectivity index (χ4v) is 3.04. The second-order valence-corrected chi connectivity index (χ2v) is 6.26. The number of hydrogen-bond donors (Lipinski definition) is 0. The molecule has 0 aromatic heterocycles. The van der Waals surface area contributed by atoms with Gasteiger partial charge in [-0.2, -0.15) is 0 Å². The van der Waals surface area contributed by atoms with Crippen LogP contribution in [0.15, 0.2) is 24.3 Å². The first-order chi connectivity index (χ1) is 9.65. The molecular formula is C16H20ClNO2. The van der Waals surface area contributed by atoms with E-state index in [4.69, 9.17) is 16.3 Å². The lowest BCUT2D eigenvalue weighted by Crippen LogP contribution is -2.44. The van der Waals surface area contributed by atoms with Crippen molar-refractivity contribution in [1.29, 1.82) is 0 Å². The minimum atomic E-state index is -0.0576. The van der Waals surface area contributed by atoms with Gasteiger partial charge >= 0.3 is 0 Å². The predicted octanol–water partition coefficient (Wildman–Crippen LogP) is 3.29. The maximum absolute atomic E-state index is 12.5. The van der Waals surface area contributed by atoms with Crippen LogP contribution < -0.4 is 0 Å². The van der Waals surface area contributed by atoms with Crippen molar-refractivity contribution in [2.45, 2.75) is 25.9 Å². The molecule has 1 aliphatic heterocycles. The second-order valence-electron chi connectivity index (χ2n) is 5.82. The lowest BCUT2D eigenvalue weighted by molar-refractivity contribution is -0.143. The van der Waals surface area contributed by atoms with Gasteiger partial charge in [-0.3, -0.25) is 4.79 Å². The van der Waals surface area contributed by atoms with Crippen molar-refractivity contribution in [2.24, 2.45) is 11.8 Å². The second kappa shape index (κ2) is 5.74. The van der Waals surface area contributed by atoms with Crippen molar-refractivity contribution in [2.75, 3.05) is 19.7 Å². The predicted molar refractivity (Wildman–Crippen MR) is 78.6 cm³/mol. The molecule has 2 atom stereocenters. The lowest BCUT2D eigenvalue weighted by atomic mass is 10.0. The highest BCUT2D eigenvalue weighted by Gasteiger charge is 2.36. The Balaban J connectivity index is 1.68. The van der Waals surface area contributed by atoms with Crippen molar-refractivity contribution in [3.63, 3.8) is 0 Å². The van der Waals surface area contributed by atoms with Gasteiger partial charge in [0.25, 0.3) is 0 Å². The molecule has 20 heavy (non-hydrogen) atoms. The summed E-state index contributed by atoms with van der Waals surface area (Å²) in [7, 11) is 0. The molecule has 2 aliphatic rings. The molecule has 0 radical (unpaired) electrons. The van der Waals surface area contributed by atoms with E-state index in [9.17, 15) is 4.79 Å². The molecule has 0 N–H and O–H groups in total. The summed E-state index contributed by atoms with van der Waals surface area (Å²) in [5, 5.41) is 0.709. The third-order valence-electron chi connectivity index (χ3n) is 4.32. The van der Waals surface area contributed by atoms with Crippen molar-refractivity contribution >= 4 is 17.5 Å². The average Bonchev–Trinajstić information content (AvgIpc) is 3.30. The zero-order valence-electron chi connectivity index (χ0n) is 11.7. The Morgan fingerprint density at radius 3 is 2.95 bits per heavy atom. The van der Waals surface area contributed by atoms with Crippen LogP contribution in [0.3, 0.4) is 0 Å². The normalized spacial score (nSPS) is 24.5. The van der Waals surface area contributed by atoms with E-state index >= 15 is 0 Å². The molecule has 3 nitrogen and oxygen atoms in total. The third kappa shape index (κ3) is 2.99. The molecule has 1 saturated carbocycles. The van der Waals surface area contributed by atoms with Crippen LogP contribution in [0.2, 0.25) is 5.02 Å². The number of halogens is 1. The van der Waals surface area contributed by atoms with Crippen LogP contribution in [0.4, 0.5) is 0 Å². The summed E-state index contributed by atoms with van der Waals surface area (Å²) in [5.74, 6) is 1.05. The molecule has 0 bridgehead atoms. The summed E-state index contributed by atoms with van der Waals surface area (Å²) in [6.07, 6.45) is 2.35. The number of carbonyl (C=O) groups excluding carboxylic acids is 1. The number of carbonyl (C=O) groups is 1. The number of amides is 1. The van der Waals surface area contributed by atoms with Gasteiger partial charge in [0.05, 0.1) is 13.2 Å². The molecule has 1 aromatic carbocycles. The van der Waals surface area contributed by atoms with E-state index in [0.717, 1.165) is 5.56 Å². The summed E-state index contributed by atoms with van der Waals surface area (Å²) < 4.78 is 5.80. The maximum atomic E-state index is 12.5. The van der Waals surface area contributed by atoms with Gasteiger partial charge in [0.2, 0.25) is 5.91 Å². The third-order valence-corrected chi connectivity index (χ3v) is 4.55. The summed E-state index contributed by atoms with van der Waals surface area (Å²) in [6.45, 7) is 3.99. The average molecular weight is 294 g/mol. The van der Waals surface area contributed by atoms with Crippen LogP contribution in [0.5, 0.6) is 0 Å². The molecule has 2 fully saturated rings. The fraction of sp³-hybridized carbons (Fsp3) is 0.562. The molecule has 1 amide bonds. The number of nitrogens with zero attached hydrogens (tertiary/aromatic N) is 1. The minimum Gasteiger partial charge on any atom is -0.370 e. The van der Waals surface area contributed by atoms with Gasteiger partial charge in [-0.1, -0.05) is 30.7 Å². The highest BCUT2D eigenvalue weighted by atomic mass is 35.5. The Bertz CT molecular complexity index is 501. The zero-order chi connectivity index (χ0) is 14.1. The Morgan fingerprint density at radius 2 is 2.25 bits per heavy atom. The van der Waals surface area contributed by atoms with Crippen molar-refractivity contribution in [3.8, 4) is 0 Å². The largest absolute Gasteiger partial charge is 0.370 e. The number of rotatable bonds is 3. The first-order valence-corrected chi connectivity index (χ1v) is 7.69. The smallest absolute Gasteiger partial charge is 0.225 e. The van der Waals surface area contributed by atoms with Crippen LogP contribution in [-0.2, 0) is 9.53 Å². The summed E-state index contributed by atoms with van der Waals surface area (Å²) in [5.41, 5.74) is 1.05. The van der Waals surface area contributed by atoms with E-state index < -0.39 is 0 Å². The molecule has 2 unspecified atom stereocenters. The fourth-order valence-electron chi connectivity index (χ4n) is 2.84.